The van der Waals surface area contributed by atoms with Gasteiger partial charge in [0.1, 0.15) is 0 Å². The number of nitro benzene ring substituents is 1. The molecule has 1 heterocycles. The van der Waals surface area contributed by atoms with E-state index in [-0.39, 0.29) is 17.2 Å². The molecule has 1 fully saturated rings. The number of halogens is 2. The molecule has 1 aliphatic rings. The predicted octanol–water partition coefficient (Wildman–Crippen LogP) is 1.86. The highest BCUT2D eigenvalue weighted by atomic mass is 19.2. The molecule has 2 rings (SSSR count). The number of likely N-dealkylation sites (N-methyl/N-ethyl adjacent to an activating group) is 1. The van der Waals surface area contributed by atoms with Gasteiger partial charge in [-0.1, -0.05) is 0 Å². The Morgan fingerprint density at radius 3 is 2.50 bits per heavy atom. The summed E-state index contributed by atoms with van der Waals surface area (Å²) in [5, 5.41) is 10.9. The van der Waals surface area contributed by atoms with Crippen LogP contribution in [-0.4, -0.2) is 55.1 Å². The number of hydrogen-bond donors (Lipinski definition) is 0. The molecular formula is C15H19F2N3O4. The second-order valence-electron chi connectivity index (χ2n) is 5.65. The van der Waals surface area contributed by atoms with Crippen molar-refractivity contribution in [3.8, 4) is 0 Å². The molecule has 24 heavy (non-hydrogen) atoms. The summed E-state index contributed by atoms with van der Waals surface area (Å²) in [4.78, 5) is 25.5. The highest BCUT2D eigenvalue weighted by Crippen LogP contribution is 2.31. The summed E-state index contributed by atoms with van der Waals surface area (Å²) in [5.41, 5.74) is -1.17. The minimum Gasteiger partial charge on any atom is -0.379 e. The van der Waals surface area contributed by atoms with Crippen molar-refractivity contribution in [2.45, 2.75) is 19.9 Å². The van der Waals surface area contributed by atoms with Gasteiger partial charge in [0, 0.05) is 31.8 Å². The van der Waals surface area contributed by atoms with Crippen LogP contribution in [0.5, 0.6) is 0 Å². The van der Waals surface area contributed by atoms with Crippen LogP contribution in [0, 0.1) is 28.7 Å². The van der Waals surface area contributed by atoms with Crippen LogP contribution in [0.25, 0.3) is 0 Å². The molecule has 0 bridgehead atoms. The lowest BCUT2D eigenvalue weighted by atomic mass is 10.1. The third-order valence-electron chi connectivity index (χ3n) is 4.24. The fraction of sp³-hybridized carbons (Fsp3) is 0.533. The summed E-state index contributed by atoms with van der Waals surface area (Å²) in [6.45, 7) is 5.16. The molecule has 1 aromatic rings. The second-order valence-corrected chi connectivity index (χ2v) is 5.65. The van der Waals surface area contributed by atoms with Gasteiger partial charge in [-0.05, 0) is 13.8 Å². The van der Waals surface area contributed by atoms with Gasteiger partial charge >= 0.3 is 5.69 Å². The van der Waals surface area contributed by atoms with Crippen molar-refractivity contribution in [2.24, 2.45) is 0 Å². The van der Waals surface area contributed by atoms with Crippen molar-refractivity contribution in [1.82, 2.24) is 4.90 Å². The maximum Gasteiger partial charge on any atom is 0.309 e. The maximum atomic E-state index is 13.9. The molecule has 1 aliphatic heterocycles. The normalized spacial score (nSPS) is 16.7. The number of benzene rings is 1. The molecule has 1 amide bonds. The summed E-state index contributed by atoms with van der Waals surface area (Å²) in [5.74, 6) is -3.21. The number of ether oxygens (including phenoxy) is 1. The molecule has 0 saturated carbocycles. The van der Waals surface area contributed by atoms with E-state index >= 15 is 0 Å². The van der Waals surface area contributed by atoms with Crippen molar-refractivity contribution in [1.29, 1.82) is 0 Å². The molecule has 0 radical (unpaired) electrons. The number of anilines is 1. The zero-order chi connectivity index (χ0) is 18.0. The zero-order valence-corrected chi connectivity index (χ0v) is 13.7. The summed E-state index contributed by atoms with van der Waals surface area (Å²) in [7, 11) is 1.39. The summed E-state index contributed by atoms with van der Waals surface area (Å²) >= 11 is 0. The van der Waals surface area contributed by atoms with Gasteiger partial charge < -0.3 is 9.64 Å². The summed E-state index contributed by atoms with van der Waals surface area (Å²) in [6.07, 6.45) is 0. The number of nitrogens with zero attached hydrogens (tertiary/aromatic N) is 3. The highest BCUT2D eigenvalue weighted by Gasteiger charge is 2.30. The summed E-state index contributed by atoms with van der Waals surface area (Å²) < 4.78 is 32.8. The Morgan fingerprint density at radius 1 is 1.38 bits per heavy atom. The third kappa shape index (κ3) is 3.36. The quantitative estimate of drug-likeness (QED) is 0.616. The van der Waals surface area contributed by atoms with Crippen molar-refractivity contribution in [3.63, 3.8) is 0 Å². The molecule has 9 heteroatoms. The monoisotopic (exact) mass is 343 g/mol. The Kier molecular flexibility index (Phi) is 5.45. The van der Waals surface area contributed by atoms with Crippen molar-refractivity contribution < 1.29 is 23.2 Å². The number of carbonyl (C=O) groups excluding carboxylic acids is 1. The third-order valence-corrected chi connectivity index (χ3v) is 4.24. The molecule has 1 aromatic carbocycles. The van der Waals surface area contributed by atoms with Gasteiger partial charge in [-0.15, -0.1) is 0 Å². The molecule has 132 valence electrons. The Morgan fingerprint density at radius 2 is 1.96 bits per heavy atom. The highest BCUT2D eigenvalue weighted by molar-refractivity contribution is 5.97. The molecular weight excluding hydrogens is 324 g/mol. The molecule has 1 saturated heterocycles. The molecule has 0 aromatic heterocycles. The van der Waals surface area contributed by atoms with E-state index in [2.05, 4.69) is 0 Å². The van der Waals surface area contributed by atoms with E-state index in [1.807, 2.05) is 4.90 Å². The molecule has 1 atom stereocenters. The lowest BCUT2D eigenvalue weighted by molar-refractivity contribution is -0.387. The van der Waals surface area contributed by atoms with Crippen molar-refractivity contribution >= 4 is 17.3 Å². The van der Waals surface area contributed by atoms with Gasteiger partial charge in [-0.25, -0.2) is 4.39 Å². The van der Waals surface area contributed by atoms with E-state index in [0.29, 0.717) is 26.3 Å². The Balaban J connectivity index is 2.32. The van der Waals surface area contributed by atoms with Crippen LogP contribution >= 0.6 is 0 Å². The Hall–Kier alpha value is -2.13. The first-order valence-electron chi connectivity index (χ1n) is 7.48. The predicted molar refractivity (Wildman–Crippen MR) is 83.0 cm³/mol. The Bertz CT molecular complexity index is 663. The largest absolute Gasteiger partial charge is 0.379 e. The lowest BCUT2D eigenvalue weighted by Gasteiger charge is -2.33. The number of nitro groups is 1. The first-order chi connectivity index (χ1) is 11.3. The minimum atomic E-state index is -1.52. The van der Waals surface area contributed by atoms with Crippen LogP contribution in [0.3, 0.4) is 0 Å². The number of carbonyl (C=O) groups is 1. The fourth-order valence-electron chi connectivity index (χ4n) is 2.69. The van der Waals surface area contributed by atoms with Gasteiger partial charge in [-0.3, -0.25) is 19.8 Å². The summed E-state index contributed by atoms with van der Waals surface area (Å²) in [6, 6.07) is 0.378. The van der Waals surface area contributed by atoms with E-state index in [0.717, 1.165) is 11.0 Å². The first kappa shape index (κ1) is 18.2. The number of amides is 1. The SMILES string of the molecule is Cc1c(N(C)C(=O)[C@H](C)N2CCOCC2)cc([N+](=O)[O-])c(F)c1F. The van der Waals surface area contributed by atoms with E-state index in [1.54, 1.807) is 6.92 Å². The Labute approximate surface area is 137 Å². The van der Waals surface area contributed by atoms with Gasteiger partial charge in [0.25, 0.3) is 0 Å². The van der Waals surface area contributed by atoms with Crippen LogP contribution < -0.4 is 4.90 Å². The molecule has 0 aliphatic carbocycles. The fourth-order valence-corrected chi connectivity index (χ4v) is 2.69. The number of rotatable bonds is 4. The first-order valence-corrected chi connectivity index (χ1v) is 7.48. The van der Waals surface area contributed by atoms with Crippen LogP contribution in [0.4, 0.5) is 20.2 Å². The topological polar surface area (TPSA) is 75.9 Å². The second kappa shape index (κ2) is 7.18. The van der Waals surface area contributed by atoms with E-state index in [9.17, 15) is 23.7 Å². The standard InChI is InChI=1S/C15H19F2N3O4/c1-9-11(8-12(20(22)23)14(17)13(9)16)18(3)15(21)10(2)19-4-6-24-7-5-19/h8,10H,4-7H2,1-3H3/t10-/m0/s1. The van der Waals surface area contributed by atoms with Crippen molar-refractivity contribution in [2.75, 3.05) is 38.3 Å². The minimum absolute atomic E-state index is 0.0225. The average Bonchev–Trinajstić information content (AvgIpc) is 2.58. The van der Waals surface area contributed by atoms with Crippen LogP contribution in [0.15, 0.2) is 6.07 Å². The van der Waals surface area contributed by atoms with E-state index in [1.165, 1.54) is 14.0 Å². The molecule has 0 unspecified atom stereocenters. The van der Waals surface area contributed by atoms with E-state index < -0.39 is 28.3 Å². The molecule has 0 spiro atoms. The molecule has 0 N–H and O–H groups in total. The van der Waals surface area contributed by atoms with Gasteiger partial charge in [0.2, 0.25) is 11.7 Å². The van der Waals surface area contributed by atoms with Crippen LogP contribution in [-0.2, 0) is 9.53 Å². The maximum absolute atomic E-state index is 13.9. The van der Waals surface area contributed by atoms with Gasteiger partial charge in [-0.2, -0.15) is 4.39 Å². The smallest absolute Gasteiger partial charge is 0.309 e. The van der Waals surface area contributed by atoms with Gasteiger partial charge in [0.05, 0.1) is 29.9 Å². The van der Waals surface area contributed by atoms with Crippen LogP contribution in [0.2, 0.25) is 0 Å². The van der Waals surface area contributed by atoms with Gasteiger partial charge in [0.15, 0.2) is 5.82 Å². The zero-order valence-electron chi connectivity index (χ0n) is 13.7. The number of morpholine rings is 1. The van der Waals surface area contributed by atoms with Crippen LogP contribution in [0.1, 0.15) is 12.5 Å². The molecule has 7 nitrogen and oxygen atoms in total. The van der Waals surface area contributed by atoms with E-state index in [4.69, 9.17) is 4.74 Å². The lowest BCUT2D eigenvalue weighted by Crippen LogP contribution is -2.50. The van der Waals surface area contributed by atoms with Crippen molar-refractivity contribution in [3.05, 3.63) is 33.4 Å². The average molecular weight is 343 g/mol. The number of hydrogen-bond acceptors (Lipinski definition) is 5.